The molecule has 2 heterocycles. The van der Waals surface area contributed by atoms with Crippen molar-refractivity contribution in [2.75, 3.05) is 20.6 Å². The number of dihydropyridines is 1. The minimum atomic E-state index is -0.117. The Morgan fingerprint density at radius 1 is 1.60 bits per heavy atom. The summed E-state index contributed by atoms with van der Waals surface area (Å²) in [5.41, 5.74) is 1.02. The molecule has 0 saturated carbocycles. The number of likely N-dealkylation sites (N-methyl/N-ethyl adjacent to an activating group) is 1. The Balaban J connectivity index is 2.04. The Kier molecular flexibility index (Phi) is 2.53. The van der Waals surface area contributed by atoms with E-state index < -0.39 is 0 Å². The number of amides is 1. The molecule has 5 nitrogen and oxygen atoms in total. The van der Waals surface area contributed by atoms with Crippen LogP contribution in [0, 0.1) is 0 Å². The van der Waals surface area contributed by atoms with E-state index in [1.807, 2.05) is 11.1 Å². The number of hydrogen-bond acceptors (Lipinski definition) is 4. The molecule has 2 aliphatic heterocycles. The summed E-state index contributed by atoms with van der Waals surface area (Å²) in [6.45, 7) is 0.342. The maximum absolute atomic E-state index is 11.5. The largest absolute Gasteiger partial charge is 0.347 e. The minimum absolute atomic E-state index is 0.0672. The molecular formula is C10H14N4O. The van der Waals surface area contributed by atoms with Gasteiger partial charge in [0.15, 0.2) is 6.17 Å². The number of hydrogen-bond donors (Lipinski definition) is 0. The summed E-state index contributed by atoms with van der Waals surface area (Å²) in [7, 11) is 3.50. The van der Waals surface area contributed by atoms with Gasteiger partial charge in [0.1, 0.15) is 6.54 Å². The summed E-state index contributed by atoms with van der Waals surface area (Å²) in [5, 5.41) is 0. The molecule has 5 heteroatoms. The van der Waals surface area contributed by atoms with Crippen molar-refractivity contribution in [2.24, 2.45) is 9.98 Å². The van der Waals surface area contributed by atoms with E-state index in [-0.39, 0.29) is 12.1 Å². The lowest BCUT2D eigenvalue weighted by Gasteiger charge is -2.21. The highest BCUT2D eigenvalue weighted by molar-refractivity contribution is 5.82. The molecule has 15 heavy (non-hydrogen) atoms. The quantitative estimate of drug-likeness (QED) is 0.643. The number of carbonyl (C=O) groups excluding carboxylic acids is 1. The molecule has 2 rings (SSSR count). The Labute approximate surface area is 88.8 Å². The maximum atomic E-state index is 11.5. The van der Waals surface area contributed by atoms with Crippen molar-refractivity contribution >= 4 is 18.5 Å². The van der Waals surface area contributed by atoms with Gasteiger partial charge in [-0.3, -0.25) is 9.79 Å². The average molecular weight is 206 g/mol. The first-order valence-electron chi connectivity index (χ1n) is 4.90. The third-order valence-corrected chi connectivity index (χ3v) is 2.43. The molecule has 0 fully saturated rings. The van der Waals surface area contributed by atoms with Gasteiger partial charge >= 0.3 is 0 Å². The number of aliphatic imine (C=N–C) groups is 2. The van der Waals surface area contributed by atoms with Crippen molar-refractivity contribution < 1.29 is 4.79 Å². The molecule has 80 valence electrons. The number of allylic oxidation sites excluding steroid dienone is 1. The van der Waals surface area contributed by atoms with Gasteiger partial charge in [0.25, 0.3) is 0 Å². The van der Waals surface area contributed by atoms with Crippen LogP contribution in [0.3, 0.4) is 0 Å². The molecule has 0 aromatic heterocycles. The molecule has 0 spiro atoms. The summed E-state index contributed by atoms with van der Waals surface area (Å²) in [6, 6.07) is 0. The average Bonchev–Trinajstić information content (AvgIpc) is 2.62. The van der Waals surface area contributed by atoms with E-state index in [2.05, 4.69) is 16.1 Å². The van der Waals surface area contributed by atoms with E-state index >= 15 is 0 Å². The fourth-order valence-corrected chi connectivity index (χ4v) is 1.53. The molecule has 0 radical (unpaired) electrons. The molecular weight excluding hydrogens is 192 g/mol. The van der Waals surface area contributed by atoms with Crippen LogP contribution < -0.4 is 0 Å². The smallest absolute Gasteiger partial charge is 0.242 e. The fourth-order valence-electron chi connectivity index (χ4n) is 1.53. The van der Waals surface area contributed by atoms with E-state index in [0.29, 0.717) is 6.54 Å². The lowest BCUT2D eigenvalue weighted by Crippen LogP contribution is -2.35. The van der Waals surface area contributed by atoms with Gasteiger partial charge in [-0.2, -0.15) is 0 Å². The monoisotopic (exact) mass is 206 g/mol. The van der Waals surface area contributed by atoms with Crippen LogP contribution in [0.1, 0.15) is 6.42 Å². The van der Waals surface area contributed by atoms with Crippen molar-refractivity contribution in [3.05, 3.63) is 11.8 Å². The normalized spacial score (nSPS) is 22.7. The lowest BCUT2D eigenvalue weighted by atomic mass is 10.2. The standard InChI is InChI=1S/C10H14N4O/c1-13(2)9(15)6-14-7-12-10-8(14)4-3-5-11-10/h4-5,7,10H,3,6H2,1-2H3. The summed E-state index contributed by atoms with van der Waals surface area (Å²) in [6.07, 6.45) is 6.31. The second-order valence-electron chi connectivity index (χ2n) is 3.75. The SMILES string of the molecule is CN(C)C(=O)CN1C=NC2N=CCC=C21. The van der Waals surface area contributed by atoms with Gasteiger partial charge in [-0.1, -0.05) is 6.08 Å². The number of rotatable bonds is 2. The summed E-state index contributed by atoms with van der Waals surface area (Å²) >= 11 is 0. The van der Waals surface area contributed by atoms with Crippen molar-refractivity contribution in [1.82, 2.24) is 9.80 Å². The second kappa shape index (κ2) is 3.84. The molecule has 0 aromatic rings. The molecule has 0 bridgehead atoms. The molecule has 0 aromatic carbocycles. The van der Waals surface area contributed by atoms with Crippen LogP contribution in [-0.2, 0) is 4.79 Å². The predicted octanol–water partition coefficient (Wildman–Crippen LogP) is 0.103. The van der Waals surface area contributed by atoms with Gasteiger partial charge in [-0.05, 0) is 0 Å². The Hall–Kier alpha value is -1.65. The first-order valence-corrected chi connectivity index (χ1v) is 4.90. The lowest BCUT2D eigenvalue weighted by molar-refractivity contribution is -0.128. The molecule has 2 aliphatic rings. The maximum Gasteiger partial charge on any atom is 0.242 e. The van der Waals surface area contributed by atoms with Gasteiger partial charge < -0.3 is 9.80 Å². The highest BCUT2D eigenvalue weighted by atomic mass is 16.2. The molecule has 0 N–H and O–H groups in total. The molecule has 1 unspecified atom stereocenters. The van der Waals surface area contributed by atoms with Crippen LogP contribution in [0.25, 0.3) is 0 Å². The van der Waals surface area contributed by atoms with E-state index in [4.69, 9.17) is 0 Å². The Bertz CT molecular complexity index is 356. The molecule has 1 amide bonds. The second-order valence-corrected chi connectivity index (χ2v) is 3.75. The fraction of sp³-hybridized carbons (Fsp3) is 0.500. The Morgan fingerprint density at radius 3 is 3.13 bits per heavy atom. The van der Waals surface area contributed by atoms with Crippen LogP contribution in [-0.4, -0.2) is 55.1 Å². The van der Waals surface area contributed by atoms with Gasteiger partial charge in [0.2, 0.25) is 5.91 Å². The van der Waals surface area contributed by atoms with Crippen molar-refractivity contribution in [3.8, 4) is 0 Å². The highest BCUT2D eigenvalue weighted by Crippen LogP contribution is 2.21. The van der Waals surface area contributed by atoms with Gasteiger partial charge in [0, 0.05) is 26.7 Å². The first-order chi connectivity index (χ1) is 7.18. The zero-order valence-corrected chi connectivity index (χ0v) is 8.92. The molecule has 1 atom stereocenters. The van der Waals surface area contributed by atoms with E-state index in [0.717, 1.165) is 12.1 Å². The third kappa shape index (κ3) is 1.91. The topological polar surface area (TPSA) is 48.3 Å². The minimum Gasteiger partial charge on any atom is -0.347 e. The Morgan fingerprint density at radius 2 is 2.40 bits per heavy atom. The zero-order valence-electron chi connectivity index (χ0n) is 8.92. The molecule has 0 saturated heterocycles. The number of fused-ring (bicyclic) bond motifs is 1. The molecule has 0 aliphatic carbocycles. The number of carbonyl (C=O) groups is 1. The van der Waals surface area contributed by atoms with Crippen LogP contribution in [0.4, 0.5) is 0 Å². The van der Waals surface area contributed by atoms with Crippen molar-refractivity contribution in [3.63, 3.8) is 0 Å². The van der Waals surface area contributed by atoms with E-state index in [9.17, 15) is 4.79 Å². The van der Waals surface area contributed by atoms with Crippen LogP contribution >= 0.6 is 0 Å². The summed E-state index contributed by atoms with van der Waals surface area (Å²) < 4.78 is 0. The third-order valence-electron chi connectivity index (χ3n) is 2.43. The predicted molar refractivity (Wildman–Crippen MR) is 58.9 cm³/mol. The van der Waals surface area contributed by atoms with E-state index in [1.165, 1.54) is 0 Å². The van der Waals surface area contributed by atoms with Crippen molar-refractivity contribution in [2.45, 2.75) is 12.6 Å². The van der Waals surface area contributed by atoms with Crippen LogP contribution in [0.2, 0.25) is 0 Å². The van der Waals surface area contributed by atoms with Gasteiger partial charge in [0.05, 0.1) is 12.0 Å². The zero-order chi connectivity index (χ0) is 10.8. The highest BCUT2D eigenvalue weighted by Gasteiger charge is 2.26. The summed E-state index contributed by atoms with van der Waals surface area (Å²) in [4.78, 5) is 23.4. The van der Waals surface area contributed by atoms with Gasteiger partial charge in [-0.25, -0.2) is 4.99 Å². The first kappa shape index (κ1) is 9.89. The van der Waals surface area contributed by atoms with Crippen molar-refractivity contribution in [1.29, 1.82) is 0 Å². The van der Waals surface area contributed by atoms with Crippen LogP contribution in [0.5, 0.6) is 0 Å². The van der Waals surface area contributed by atoms with E-state index in [1.54, 1.807) is 25.3 Å². The summed E-state index contributed by atoms with van der Waals surface area (Å²) in [5.74, 6) is 0.0672. The van der Waals surface area contributed by atoms with Gasteiger partial charge in [-0.15, -0.1) is 0 Å². The number of nitrogens with zero attached hydrogens (tertiary/aromatic N) is 4. The van der Waals surface area contributed by atoms with Crippen LogP contribution in [0.15, 0.2) is 21.8 Å².